The van der Waals surface area contributed by atoms with Gasteiger partial charge in [0.05, 0.1) is 5.75 Å². The molecule has 4 N–H and O–H groups in total. The first-order chi connectivity index (χ1) is 16.4. The standard InChI is InChI=1S/C17H16FN7O6S3/c18-1-2-31-24-10(7-4-32-16(19)21-7)13(26)22-11-8-3-30-9(5-33-17-23-20-6-34-17)12(15(28)29)25(8)14(11)27/h4,6,8,11H,1-3,5H2,(H2,19,21)(H,22,26)(H,28,29)/b24-10-. The van der Waals surface area contributed by atoms with Crippen LogP contribution in [0, 0.1) is 0 Å². The van der Waals surface area contributed by atoms with Crippen LogP contribution in [0.4, 0.5) is 9.52 Å². The molecule has 0 spiro atoms. The summed E-state index contributed by atoms with van der Waals surface area (Å²) < 4.78 is 18.6. The number of anilines is 1. The molecule has 2 aliphatic heterocycles. The van der Waals surface area contributed by atoms with Crippen LogP contribution >= 0.6 is 34.4 Å². The van der Waals surface area contributed by atoms with Gasteiger partial charge in [0.25, 0.3) is 11.8 Å². The van der Waals surface area contributed by atoms with E-state index in [1.807, 2.05) is 0 Å². The van der Waals surface area contributed by atoms with Crippen LogP contribution < -0.4 is 11.1 Å². The average Bonchev–Trinajstić information content (AvgIpc) is 3.49. The molecule has 0 radical (unpaired) electrons. The number of hydrogen-bond donors (Lipinski definition) is 3. The van der Waals surface area contributed by atoms with E-state index in [9.17, 15) is 23.9 Å². The van der Waals surface area contributed by atoms with Crippen LogP contribution in [-0.4, -0.2) is 86.4 Å². The number of hydrogen-bond acceptors (Lipinski definition) is 13. The van der Waals surface area contributed by atoms with E-state index in [0.717, 1.165) is 16.2 Å². The number of thiazole rings is 1. The number of alkyl halides is 1. The molecule has 2 aromatic rings. The van der Waals surface area contributed by atoms with Gasteiger partial charge < -0.3 is 25.7 Å². The van der Waals surface area contributed by atoms with Gasteiger partial charge in [0.15, 0.2) is 20.9 Å². The van der Waals surface area contributed by atoms with Crippen LogP contribution in [0.5, 0.6) is 0 Å². The number of oxime groups is 1. The molecule has 34 heavy (non-hydrogen) atoms. The third-order valence-corrected chi connectivity index (χ3v) is 7.15. The normalized spacial score (nSPS) is 19.9. The van der Waals surface area contributed by atoms with Crippen molar-refractivity contribution < 1.29 is 33.5 Å². The number of carboxylic acid groups (broad SMARTS) is 1. The second-order valence-electron chi connectivity index (χ2n) is 6.64. The number of ether oxygens (including phenoxy) is 1. The molecule has 2 unspecified atom stereocenters. The number of aromatic nitrogens is 3. The van der Waals surface area contributed by atoms with Crippen LogP contribution in [-0.2, 0) is 24.0 Å². The Hall–Kier alpha value is -3.31. The van der Waals surface area contributed by atoms with Crippen molar-refractivity contribution in [1.82, 2.24) is 25.4 Å². The summed E-state index contributed by atoms with van der Waals surface area (Å²) in [6.07, 6.45) is 0. The number of carboxylic acids is 1. The van der Waals surface area contributed by atoms with E-state index >= 15 is 0 Å². The molecule has 0 aromatic carbocycles. The fourth-order valence-electron chi connectivity index (χ4n) is 3.18. The van der Waals surface area contributed by atoms with Crippen molar-refractivity contribution in [2.24, 2.45) is 5.16 Å². The highest BCUT2D eigenvalue weighted by molar-refractivity contribution is 8.01. The van der Waals surface area contributed by atoms with E-state index in [4.69, 9.17) is 15.3 Å². The number of carbonyl (C=O) groups is 3. The van der Waals surface area contributed by atoms with Gasteiger partial charge in [-0.25, -0.2) is 14.2 Å². The zero-order chi connectivity index (χ0) is 24.2. The minimum atomic E-state index is -1.34. The van der Waals surface area contributed by atoms with Crippen LogP contribution in [0.1, 0.15) is 5.69 Å². The Kier molecular flexibility index (Phi) is 7.23. The maximum absolute atomic E-state index is 12.8. The number of rotatable bonds is 10. The maximum atomic E-state index is 12.8. The Labute approximate surface area is 202 Å². The fourth-order valence-corrected chi connectivity index (χ4v) is 5.16. The number of carbonyl (C=O) groups excluding carboxylic acids is 2. The number of β-lactam (4-membered cyclic amide) rings is 1. The van der Waals surface area contributed by atoms with Gasteiger partial charge in [-0.05, 0) is 0 Å². The summed E-state index contributed by atoms with van der Waals surface area (Å²) in [5.41, 5.74) is 6.64. The number of amides is 2. The Morgan fingerprint density at radius 1 is 1.47 bits per heavy atom. The van der Waals surface area contributed by atoms with Gasteiger partial charge in [-0.15, -0.1) is 21.5 Å². The van der Waals surface area contributed by atoms with Crippen molar-refractivity contribution in [2.45, 2.75) is 16.4 Å². The van der Waals surface area contributed by atoms with Crippen LogP contribution in [0.15, 0.2) is 31.8 Å². The van der Waals surface area contributed by atoms with Gasteiger partial charge in [0, 0.05) is 5.38 Å². The third-order valence-electron chi connectivity index (χ3n) is 4.61. The van der Waals surface area contributed by atoms with E-state index < -0.39 is 36.5 Å². The third kappa shape index (κ3) is 4.80. The summed E-state index contributed by atoms with van der Waals surface area (Å²) >= 11 is 3.57. The minimum absolute atomic E-state index is 0.0338. The largest absolute Gasteiger partial charge is 0.492 e. The number of aliphatic carboxylic acids is 1. The highest BCUT2D eigenvalue weighted by Gasteiger charge is 2.55. The van der Waals surface area contributed by atoms with E-state index in [1.165, 1.54) is 28.5 Å². The van der Waals surface area contributed by atoms with Crippen molar-refractivity contribution in [3.63, 3.8) is 0 Å². The summed E-state index contributed by atoms with van der Waals surface area (Å²) in [5, 5.41) is 25.0. The highest BCUT2D eigenvalue weighted by Crippen LogP contribution is 2.35. The predicted molar refractivity (Wildman–Crippen MR) is 119 cm³/mol. The first-order valence-corrected chi connectivity index (χ1v) is 12.2. The van der Waals surface area contributed by atoms with Gasteiger partial charge in [-0.2, -0.15) is 0 Å². The lowest BCUT2D eigenvalue weighted by molar-refractivity contribution is -0.160. The second kappa shape index (κ2) is 10.3. The summed E-state index contributed by atoms with van der Waals surface area (Å²) in [6, 6.07) is -1.81. The van der Waals surface area contributed by atoms with Gasteiger partial charge >= 0.3 is 5.97 Å². The van der Waals surface area contributed by atoms with E-state index in [2.05, 4.69) is 25.7 Å². The number of fused-ring (bicyclic) bond motifs is 1. The first kappa shape index (κ1) is 23.8. The van der Waals surface area contributed by atoms with Crippen molar-refractivity contribution >= 4 is 63.1 Å². The molecule has 2 atom stereocenters. The topological polar surface area (TPSA) is 182 Å². The molecule has 2 amide bonds. The fraction of sp³-hybridized carbons (Fsp3) is 0.353. The van der Waals surface area contributed by atoms with E-state index in [0.29, 0.717) is 4.34 Å². The second-order valence-corrected chi connectivity index (χ2v) is 9.59. The lowest BCUT2D eigenvalue weighted by Crippen LogP contribution is -2.73. The lowest BCUT2D eigenvalue weighted by atomic mass is 9.92. The quantitative estimate of drug-likeness (QED) is 0.125. The molecule has 13 nitrogen and oxygen atoms in total. The molecule has 17 heteroatoms. The molecule has 0 saturated carbocycles. The van der Waals surface area contributed by atoms with Crippen molar-refractivity contribution in [2.75, 3.05) is 31.4 Å². The van der Waals surface area contributed by atoms with Gasteiger partial charge in [0.1, 0.15) is 48.9 Å². The van der Waals surface area contributed by atoms with Crippen molar-refractivity contribution in [3.8, 4) is 0 Å². The number of nitrogens with zero attached hydrogens (tertiary/aromatic N) is 5. The van der Waals surface area contributed by atoms with Crippen LogP contribution in [0.3, 0.4) is 0 Å². The summed E-state index contributed by atoms with van der Waals surface area (Å²) in [6.45, 7) is -1.24. The van der Waals surface area contributed by atoms with E-state index in [1.54, 1.807) is 5.51 Å². The Morgan fingerprint density at radius 2 is 2.29 bits per heavy atom. The number of thioether (sulfide) groups is 1. The number of nitrogens with one attached hydrogen (secondary N) is 1. The minimum Gasteiger partial charge on any atom is -0.492 e. The molecule has 4 rings (SSSR count). The summed E-state index contributed by atoms with van der Waals surface area (Å²) in [4.78, 5) is 47.4. The predicted octanol–water partition coefficient (Wildman–Crippen LogP) is 0.0813. The maximum Gasteiger partial charge on any atom is 0.356 e. The zero-order valence-corrected chi connectivity index (χ0v) is 19.5. The number of halogens is 1. The molecule has 2 aromatic heterocycles. The van der Waals surface area contributed by atoms with Crippen molar-refractivity contribution in [3.05, 3.63) is 28.0 Å². The zero-order valence-electron chi connectivity index (χ0n) is 17.0. The SMILES string of the molecule is Nc1nc(/C(=N/OCCF)C(=O)NC2C(=O)N3C(C(=O)O)=C(CSc4nncs4)OCC23)cs1. The monoisotopic (exact) mass is 529 g/mol. The summed E-state index contributed by atoms with van der Waals surface area (Å²) in [7, 11) is 0. The lowest BCUT2D eigenvalue weighted by Gasteiger charge is -2.49. The van der Waals surface area contributed by atoms with Crippen molar-refractivity contribution in [1.29, 1.82) is 0 Å². The Balaban J connectivity index is 1.49. The molecule has 4 heterocycles. The molecule has 0 bridgehead atoms. The molecular weight excluding hydrogens is 513 g/mol. The first-order valence-electron chi connectivity index (χ1n) is 9.50. The molecule has 180 valence electrons. The Morgan fingerprint density at radius 3 is 2.94 bits per heavy atom. The van der Waals surface area contributed by atoms with Gasteiger partial charge in [0.2, 0.25) is 0 Å². The van der Waals surface area contributed by atoms with Gasteiger partial charge in [-0.1, -0.05) is 28.3 Å². The molecule has 0 aliphatic carbocycles. The summed E-state index contributed by atoms with van der Waals surface area (Å²) in [5.74, 6) is -2.53. The smallest absolute Gasteiger partial charge is 0.356 e. The highest BCUT2D eigenvalue weighted by atomic mass is 32.2. The molecule has 2 aliphatic rings. The molecule has 1 saturated heterocycles. The van der Waals surface area contributed by atoms with Crippen LogP contribution in [0.25, 0.3) is 0 Å². The Bertz CT molecular complexity index is 1150. The number of nitrogens with two attached hydrogens (primary N) is 1. The number of nitrogen functional groups attached to an aromatic ring is 1. The van der Waals surface area contributed by atoms with E-state index in [-0.39, 0.29) is 47.0 Å². The average molecular weight is 530 g/mol. The van der Waals surface area contributed by atoms with Gasteiger partial charge in [-0.3, -0.25) is 14.5 Å². The molecular formula is C17H16FN7O6S3. The molecule has 1 fully saturated rings. The van der Waals surface area contributed by atoms with Crippen LogP contribution in [0.2, 0.25) is 0 Å².